The zero-order valence-electron chi connectivity index (χ0n) is 9.84. The van der Waals surface area contributed by atoms with Crippen molar-refractivity contribution >= 4 is 11.6 Å². The fourth-order valence-electron chi connectivity index (χ4n) is 1.76. The summed E-state index contributed by atoms with van der Waals surface area (Å²) in [5.74, 6) is 0. The van der Waals surface area contributed by atoms with Crippen molar-refractivity contribution in [2.24, 2.45) is 5.73 Å². The summed E-state index contributed by atoms with van der Waals surface area (Å²) in [6.07, 6.45) is -4.33. The van der Waals surface area contributed by atoms with E-state index in [1.54, 1.807) is 18.2 Å². The molecule has 5 heteroatoms. The summed E-state index contributed by atoms with van der Waals surface area (Å²) in [6.45, 7) is 0.368. The Bertz CT molecular complexity index is 576. The van der Waals surface area contributed by atoms with Gasteiger partial charge in [0, 0.05) is 17.1 Å². The number of hydrogen-bond acceptors (Lipinski definition) is 1. The average molecular weight is 286 g/mol. The Balaban J connectivity index is 2.37. The molecule has 0 bridgehead atoms. The summed E-state index contributed by atoms with van der Waals surface area (Å²) in [5.41, 5.74) is 7.02. The molecule has 0 spiro atoms. The molecule has 0 heterocycles. The second kappa shape index (κ2) is 5.23. The molecule has 2 rings (SSSR count). The van der Waals surface area contributed by atoms with Gasteiger partial charge < -0.3 is 5.73 Å². The number of halogens is 4. The maximum absolute atomic E-state index is 12.5. The fraction of sp³-hybridized carbons (Fsp3) is 0.143. The van der Waals surface area contributed by atoms with Crippen LogP contribution in [0.2, 0.25) is 5.02 Å². The topological polar surface area (TPSA) is 26.0 Å². The van der Waals surface area contributed by atoms with Crippen LogP contribution in [0.15, 0.2) is 42.5 Å². The van der Waals surface area contributed by atoms with E-state index in [2.05, 4.69) is 0 Å². The second-order valence-corrected chi connectivity index (χ2v) is 4.50. The Morgan fingerprint density at radius 3 is 2.11 bits per heavy atom. The van der Waals surface area contributed by atoms with Crippen molar-refractivity contribution < 1.29 is 13.2 Å². The molecular weight excluding hydrogens is 275 g/mol. The lowest BCUT2D eigenvalue weighted by molar-refractivity contribution is -0.137. The predicted octanol–water partition coefficient (Wildman–Crippen LogP) is 4.48. The molecule has 0 aromatic heterocycles. The molecule has 0 atom stereocenters. The van der Waals surface area contributed by atoms with E-state index >= 15 is 0 Å². The van der Waals surface area contributed by atoms with E-state index in [-0.39, 0.29) is 0 Å². The smallest absolute Gasteiger partial charge is 0.326 e. The van der Waals surface area contributed by atoms with Crippen molar-refractivity contribution in [2.45, 2.75) is 12.7 Å². The summed E-state index contributed by atoms with van der Waals surface area (Å²) in [4.78, 5) is 0. The zero-order chi connectivity index (χ0) is 14.0. The molecule has 2 aromatic carbocycles. The van der Waals surface area contributed by atoms with Crippen molar-refractivity contribution in [3.05, 3.63) is 58.6 Å². The standard InChI is InChI=1S/C14H11ClF3N/c15-13-7-9(8-19)1-6-12(13)10-2-4-11(5-3-10)14(16,17)18/h1-7H,8,19H2. The highest BCUT2D eigenvalue weighted by molar-refractivity contribution is 6.33. The Morgan fingerprint density at radius 1 is 1.00 bits per heavy atom. The van der Waals surface area contributed by atoms with Crippen molar-refractivity contribution in [3.63, 3.8) is 0 Å². The molecule has 0 saturated carbocycles. The number of alkyl halides is 3. The lowest BCUT2D eigenvalue weighted by Gasteiger charge is -2.09. The Morgan fingerprint density at radius 2 is 1.63 bits per heavy atom. The number of benzene rings is 2. The van der Waals surface area contributed by atoms with Crippen molar-refractivity contribution in [3.8, 4) is 11.1 Å². The first-order chi connectivity index (χ1) is 8.91. The summed E-state index contributed by atoms with van der Waals surface area (Å²) in [6, 6.07) is 10.2. The molecule has 0 aliphatic rings. The maximum Gasteiger partial charge on any atom is 0.416 e. The van der Waals surface area contributed by atoms with E-state index in [1.807, 2.05) is 0 Å². The van der Waals surface area contributed by atoms with Crippen LogP contribution in [0.1, 0.15) is 11.1 Å². The van der Waals surface area contributed by atoms with Crippen LogP contribution in [0.3, 0.4) is 0 Å². The van der Waals surface area contributed by atoms with E-state index in [9.17, 15) is 13.2 Å². The van der Waals surface area contributed by atoms with Crippen LogP contribution >= 0.6 is 11.6 Å². The predicted molar refractivity (Wildman–Crippen MR) is 69.8 cm³/mol. The highest BCUT2D eigenvalue weighted by atomic mass is 35.5. The van der Waals surface area contributed by atoms with Gasteiger partial charge in [0.1, 0.15) is 0 Å². The van der Waals surface area contributed by atoms with Crippen molar-refractivity contribution in [2.75, 3.05) is 0 Å². The first-order valence-electron chi connectivity index (χ1n) is 5.58. The average Bonchev–Trinajstić information content (AvgIpc) is 2.37. The largest absolute Gasteiger partial charge is 0.416 e. The first kappa shape index (κ1) is 13.9. The van der Waals surface area contributed by atoms with Crippen LogP contribution < -0.4 is 5.73 Å². The number of hydrogen-bond donors (Lipinski definition) is 1. The van der Waals surface area contributed by atoms with Crippen LogP contribution in [0.5, 0.6) is 0 Å². The molecule has 2 aromatic rings. The highest BCUT2D eigenvalue weighted by Crippen LogP contribution is 2.33. The minimum absolute atomic E-state index is 0.368. The van der Waals surface area contributed by atoms with Gasteiger partial charge in [0.05, 0.1) is 5.56 Å². The van der Waals surface area contributed by atoms with Gasteiger partial charge in [0.25, 0.3) is 0 Å². The SMILES string of the molecule is NCc1ccc(-c2ccc(C(F)(F)F)cc2)c(Cl)c1. The van der Waals surface area contributed by atoms with Gasteiger partial charge in [-0.2, -0.15) is 13.2 Å². The maximum atomic E-state index is 12.5. The molecule has 0 saturated heterocycles. The van der Waals surface area contributed by atoms with Crippen molar-refractivity contribution in [1.82, 2.24) is 0 Å². The third kappa shape index (κ3) is 3.08. The lowest BCUT2D eigenvalue weighted by atomic mass is 10.0. The van der Waals surface area contributed by atoms with E-state index in [1.165, 1.54) is 12.1 Å². The Hall–Kier alpha value is -1.52. The van der Waals surface area contributed by atoms with Gasteiger partial charge in [-0.25, -0.2) is 0 Å². The van der Waals surface area contributed by atoms with Gasteiger partial charge in [-0.05, 0) is 29.3 Å². The molecular formula is C14H11ClF3N. The summed E-state index contributed by atoms with van der Waals surface area (Å²) in [5, 5.41) is 0.475. The van der Waals surface area contributed by atoms with Crippen LogP contribution in [0.4, 0.5) is 13.2 Å². The molecule has 1 nitrogen and oxygen atoms in total. The van der Waals surface area contributed by atoms with Crippen LogP contribution in [-0.2, 0) is 12.7 Å². The third-order valence-electron chi connectivity index (χ3n) is 2.79. The Kier molecular flexibility index (Phi) is 3.83. The van der Waals surface area contributed by atoms with E-state index in [4.69, 9.17) is 17.3 Å². The zero-order valence-corrected chi connectivity index (χ0v) is 10.6. The fourth-order valence-corrected chi connectivity index (χ4v) is 2.07. The van der Waals surface area contributed by atoms with E-state index in [0.29, 0.717) is 22.7 Å². The second-order valence-electron chi connectivity index (χ2n) is 4.09. The van der Waals surface area contributed by atoms with Crippen LogP contribution in [-0.4, -0.2) is 0 Å². The minimum Gasteiger partial charge on any atom is -0.326 e. The summed E-state index contributed by atoms with van der Waals surface area (Å²) >= 11 is 6.09. The van der Waals surface area contributed by atoms with Crippen molar-refractivity contribution in [1.29, 1.82) is 0 Å². The molecule has 0 fully saturated rings. The normalized spacial score (nSPS) is 11.6. The molecule has 0 unspecified atom stereocenters. The van der Waals surface area contributed by atoms with Gasteiger partial charge in [-0.15, -0.1) is 0 Å². The summed E-state index contributed by atoms with van der Waals surface area (Å²) in [7, 11) is 0. The molecule has 100 valence electrons. The van der Waals surface area contributed by atoms with Gasteiger partial charge in [-0.1, -0.05) is 35.9 Å². The monoisotopic (exact) mass is 285 g/mol. The van der Waals surface area contributed by atoms with Gasteiger partial charge >= 0.3 is 6.18 Å². The number of nitrogens with two attached hydrogens (primary N) is 1. The van der Waals surface area contributed by atoms with Gasteiger partial charge in [0.15, 0.2) is 0 Å². The third-order valence-corrected chi connectivity index (χ3v) is 3.11. The van der Waals surface area contributed by atoms with Gasteiger partial charge in [-0.3, -0.25) is 0 Å². The first-order valence-corrected chi connectivity index (χ1v) is 5.96. The Labute approximate surface area is 113 Å². The van der Waals surface area contributed by atoms with Crippen LogP contribution in [0, 0.1) is 0 Å². The quantitative estimate of drug-likeness (QED) is 0.865. The minimum atomic E-state index is -4.33. The summed E-state index contributed by atoms with van der Waals surface area (Å²) < 4.78 is 37.4. The van der Waals surface area contributed by atoms with E-state index in [0.717, 1.165) is 17.7 Å². The highest BCUT2D eigenvalue weighted by Gasteiger charge is 2.29. The molecule has 0 aliphatic carbocycles. The van der Waals surface area contributed by atoms with Crippen LogP contribution in [0.25, 0.3) is 11.1 Å². The van der Waals surface area contributed by atoms with Gasteiger partial charge in [0.2, 0.25) is 0 Å². The molecule has 0 radical (unpaired) electrons. The molecule has 2 N–H and O–H groups in total. The van der Waals surface area contributed by atoms with E-state index < -0.39 is 11.7 Å². The molecule has 0 amide bonds. The lowest BCUT2D eigenvalue weighted by Crippen LogP contribution is -2.04. The molecule has 0 aliphatic heterocycles. The number of rotatable bonds is 2. The molecule has 19 heavy (non-hydrogen) atoms.